The molecule has 0 aliphatic heterocycles. The van der Waals surface area contributed by atoms with E-state index in [2.05, 4.69) is 20.5 Å². The van der Waals surface area contributed by atoms with E-state index >= 15 is 0 Å². The third-order valence-electron chi connectivity index (χ3n) is 3.93. The molecule has 0 fully saturated rings. The van der Waals surface area contributed by atoms with Crippen LogP contribution in [0.4, 0.5) is 24.8 Å². The van der Waals surface area contributed by atoms with E-state index in [1.54, 1.807) is 18.2 Å². The van der Waals surface area contributed by atoms with Gasteiger partial charge in [-0.1, -0.05) is 12.1 Å². The number of aliphatic hydroxyl groups is 1. The molecule has 3 N–H and O–H groups in total. The Labute approximate surface area is 158 Å². The van der Waals surface area contributed by atoms with Crippen LogP contribution in [-0.2, 0) is 6.18 Å². The SMILES string of the molecule is COc1ccc(Nc2n[nH]c(C(O)c3cccc(C(F)(F)F)c3)n2)cc1OC. The molecule has 0 amide bonds. The molecule has 3 rings (SSSR count). The van der Waals surface area contributed by atoms with Crippen LogP contribution in [-0.4, -0.2) is 34.5 Å². The highest BCUT2D eigenvalue weighted by Gasteiger charge is 2.31. The molecule has 1 heterocycles. The van der Waals surface area contributed by atoms with Gasteiger partial charge >= 0.3 is 6.18 Å². The fraction of sp³-hybridized carbons (Fsp3) is 0.222. The number of nitrogens with one attached hydrogen (secondary N) is 2. The zero-order valence-corrected chi connectivity index (χ0v) is 14.9. The summed E-state index contributed by atoms with van der Waals surface area (Å²) >= 11 is 0. The van der Waals surface area contributed by atoms with Gasteiger partial charge in [0.05, 0.1) is 19.8 Å². The molecule has 0 aliphatic rings. The lowest BCUT2D eigenvalue weighted by molar-refractivity contribution is -0.137. The van der Waals surface area contributed by atoms with Crippen LogP contribution in [0, 0.1) is 0 Å². The molecule has 0 spiro atoms. The fourth-order valence-electron chi connectivity index (χ4n) is 2.54. The molecule has 7 nitrogen and oxygen atoms in total. The molecule has 0 bridgehead atoms. The summed E-state index contributed by atoms with van der Waals surface area (Å²) in [4.78, 5) is 4.09. The number of hydrogen-bond donors (Lipinski definition) is 3. The molecule has 0 radical (unpaired) electrons. The monoisotopic (exact) mass is 394 g/mol. The van der Waals surface area contributed by atoms with Crippen LogP contribution in [0.15, 0.2) is 42.5 Å². The van der Waals surface area contributed by atoms with E-state index in [-0.39, 0.29) is 17.3 Å². The van der Waals surface area contributed by atoms with Crippen molar-refractivity contribution in [2.45, 2.75) is 12.3 Å². The summed E-state index contributed by atoms with van der Waals surface area (Å²) in [6, 6.07) is 9.46. The lowest BCUT2D eigenvalue weighted by atomic mass is 10.1. The molecule has 0 saturated carbocycles. The van der Waals surface area contributed by atoms with Gasteiger partial charge in [0.15, 0.2) is 17.3 Å². The Kier molecular flexibility index (Phi) is 5.41. The predicted molar refractivity (Wildman–Crippen MR) is 94.7 cm³/mol. The van der Waals surface area contributed by atoms with Gasteiger partial charge in [0.1, 0.15) is 6.10 Å². The van der Waals surface area contributed by atoms with Crippen molar-refractivity contribution >= 4 is 11.6 Å². The average Bonchev–Trinajstić information content (AvgIpc) is 3.15. The van der Waals surface area contributed by atoms with Crippen LogP contribution in [0.25, 0.3) is 0 Å². The van der Waals surface area contributed by atoms with Crippen molar-refractivity contribution in [3.8, 4) is 11.5 Å². The zero-order valence-electron chi connectivity index (χ0n) is 14.9. The van der Waals surface area contributed by atoms with Crippen molar-refractivity contribution in [2.24, 2.45) is 0 Å². The average molecular weight is 394 g/mol. The van der Waals surface area contributed by atoms with E-state index in [1.165, 1.54) is 26.4 Å². The third-order valence-corrected chi connectivity index (χ3v) is 3.93. The second-order valence-electron chi connectivity index (χ2n) is 5.76. The Bertz CT molecular complexity index is 959. The summed E-state index contributed by atoms with van der Waals surface area (Å²) in [6.45, 7) is 0. The number of benzene rings is 2. The molecular weight excluding hydrogens is 377 g/mol. The van der Waals surface area contributed by atoms with Crippen LogP contribution in [0.3, 0.4) is 0 Å². The number of aromatic nitrogens is 3. The standard InChI is InChI=1S/C18H17F3N4O3/c1-27-13-7-6-12(9-14(13)28-2)22-17-23-16(24-25-17)15(26)10-4-3-5-11(8-10)18(19,20)21/h3-9,15,26H,1-2H3,(H2,22,23,24,25). The van der Waals surface area contributed by atoms with E-state index < -0.39 is 17.8 Å². The van der Waals surface area contributed by atoms with E-state index in [4.69, 9.17) is 9.47 Å². The van der Waals surface area contributed by atoms with Crippen LogP contribution < -0.4 is 14.8 Å². The predicted octanol–water partition coefficient (Wildman–Crippen LogP) is 3.67. The summed E-state index contributed by atoms with van der Waals surface area (Å²) in [5.41, 5.74) is -0.215. The number of hydrogen-bond acceptors (Lipinski definition) is 6. The number of alkyl halides is 3. The minimum absolute atomic E-state index is 0.00213. The molecule has 10 heteroatoms. The fourth-order valence-corrected chi connectivity index (χ4v) is 2.54. The summed E-state index contributed by atoms with van der Waals surface area (Å²) < 4.78 is 48.9. The van der Waals surface area contributed by atoms with Crippen molar-refractivity contribution in [2.75, 3.05) is 19.5 Å². The number of nitrogens with zero attached hydrogens (tertiary/aromatic N) is 2. The number of methoxy groups -OCH3 is 2. The summed E-state index contributed by atoms with van der Waals surface area (Å²) in [5.74, 6) is 1.17. The number of rotatable bonds is 6. The molecule has 0 aliphatic carbocycles. The van der Waals surface area contributed by atoms with Gasteiger partial charge < -0.3 is 19.9 Å². The second kappa shape index (κ2) is 7.77. The normalized spacial score (nSPS) is 12.5. The number of halogens is 3. The van der Waals surface area contributed by atoms with Gasteiger partial charge in [-0.15, -0.1) is 5.10 Å². The lowest BCUT2D eigenvalue weighted by Crippen LogP contribution is -2.08. The van der Waals surface area contributed by atoms with Crippen LogP contribution in [0.2, 0.25) is 0 Å². The molecule has 0 saturated heterocycles. The van der Waals surface area contributed by atoms with E-state index in [0.29, 0.717) is 17.2 Å². The minimum atomic E-state index is -4.50. The minimum Gasteiger partial charge on any atom is -0.493 e. The van der Waals surface area contributed by atoms with Gasteiger partial charge in [-0.25, -0.2) is 0 Å². The Morgan fingerprint density at radius 3 is 2.50 bits per heavy atom. The third kappa shape index (κ3) is 4.17. The van der Waals surface area contributed by atoms with Crippen LogP contribution in [0.5, 0.6) is 11.5 Å². The summed E-state index contributed by atoms with van der Waals surface area (Å²) in [6.07, 6.45) is -5.90. The first-order valence-corrected chi connectivity index (χ1v) is 8.08. The quantitative estimate of drug-likeness (QED) is 0.591. The first kappa shape index (κ1) is 19.5. The number of aliphatic hydroxyl groups excluding tert-OH is 1. The highest BCUT2D eigenvalue weighted by Crippen LogP contribution is 2.32. The smallest absolute Gasteiger partial charge is 0.416 e. The molecule has 148 valence electrons. The maximum absolute atomic E-state index is 12.8. The van der Waals surface area contributed by atoms with Crippen molar-refractivity contribution in [1.82, 2.24) is 15.2 Å². The van der Waals surface area contributed by atoms with Gasteiger partial charge in [0.2, 0.25) is 5.95 Å². The molecule has 28 heavy (non-hydrogen) atoms. The van der Waals surface area contributed by atoms with Crippen molar-refractivity contribution in [3.63, 3.8) is 0 Å². The maximum Gasteiger partial charge on any atom is 0.416 e. The number of aromatic amines is 1. The molecule has 1 atom stereocenters. The Hall–Kier alpha value is -3.27. The number of ether oxygens (including phenoxy) is 2. The first-order valence-electron chi connectivity index (χ1n) is 8.08. The largest absolute Gasteiger partial charge is 0.493 e. The highest BCUT2D eigenvalue weighted by molar-refractivity contribution is 5.59. The lowest BCUT2D eigenvalue weighted by Gasteiger charge is -2.11. The van der Waals surface area contributed by atoms with Gasteiger partial charge in [-0.2, -0.15) is 18.2 Å². The molecule has 2 aromatic carbocycles. The van der Waals surface area contributed by atoms with Crippen LogP contribution in [0.1, 0.15) is 23.1 Å². The van der Waals surface area contributed by atoms with Crippen molar-refractivity contribution in [3.05, 3.63) is 59.4 Å². The Morgan fingerprint density at radius 1 is 1.07 bits per heavy atom. The summed E-state index contributed by atoms with van der Waals surface area (Å²) in [7, 11) is 3.01. The van der Waals surface area contributed by atoms with Crippen LogP contribution >= 0.6 is 0 Å². The molecule has 3 aromatic rings. The molecule has 1 unspecified atom stereocenters. The Morgan fingerprint density at radius 2 is 1.82 bits per heavy atom. The Balaban J connectivity index is 1.79. The van der Waals surface area contributed by atoms with E-state index in [9.17, 15) is 18.3 Å². The first-order chi connectivity index (χ1) is 13.3. The molecule has 1 aromatic heterocycles. The van der Waals surface area contributed by atoms with Gasteiger partial charge in [0, 0.05) is 11.8 Å². The maximum atomic E-state index is 12.8. The van der Waals surface area contributed by atoms with Crippen molar-refractivity contribution in [1.29, 1.82) is 0 Å². The number of anilines is 2. The van der Waals surface area contributed by atoms with Gasteiger partial charge in [-0.3, -0.25) is 5.10 Å². The topological polar surface area (TPSA) is 92.3 Å². The van der Waals surface area contributed by atoms with E-state index in [0.717, 1.165) is 12.1 Å². The zero-order chi connectivity index (χ0) is 20.3. The van der Waals surface area contributed by atoms with Gasteiger partial charge in [-0.05, 0) is 29.8 Å². The van der Waals surface area contributed by atoms with E-state index in [1.807, 2.05) is 0 Å². The summed E-state index contributed by atoms with van der Waals surface area (Å²) in [5, 5.41) is 19.7. The molecular formula is C18H17F3N4O3. The highest BCUT2D eigenvalue weighted by atomic mass is 19.4. The second-order valence-corrected chi connectivity index (χ2v) is 5.76. The van der Waals surface area contributed by atoms with Crippen molar-refractivity contribution < 1.29 is 27.8 Å². The van der Waals surface area contributed by atoms with Gasteiger partial charge in [0.25, 0.3) is 0 Å². The number of H-pyrrole nitrogens is 1.